The number of amides is 1. The molecule has 4 rings (SSSR count). The van der Waals surface area contributed by atoms with Crippen LogP contribution in [0.4, 0.5) is 0 Å². The highest BCUT2D eigenvalue weighted by atomic mass is 16.2. The van der Waals surface area contributed by atoms with Crippen LogP contribution in [0.25, 0.3) is 10.9 Å². The second-order valence-corrected chi connectivity index (χ2v) is 5.73. The largest absolute Gasteiger partial charge is 0.344 e. The monoisotopic (exact) mass is 291 g/mol. The van der Waals surface area contributed by atoms with Crippen molar-refractivity contribution in [2.45, 2.75) is 25.3 Å². The molecule has 4 nitrogen and oxygen atoms in total. The molecule has 22 heavy (non-hydrogen) atoms. The lowest BCUT2D eigenvalue weighted by Crippen LogP contribution is -2.31. The average Bonchev–Trinajstić information content (AvgIpc) is 2.99. The third-order valence-corrected chi connectivity index (χ3v) is 4.36. The van der Waals surface area contributed by atoms with Crippen molar-refractivity contribution in [1.29, 1.82) is 0 Å². The molecule has 1 aliphatic carbocycles. The van der Waals surface area contributed by atoms with Crippen LogP contribution in [0.3, 0.4) is 0 Å². The summed E-state index contributed by atoms with van der Waals surface area (Å²) in [5.41, 5.74) is 3.93. The molecule has 4 heteroatoms. The number of benzene rings is 2. The highest BCUT2D eigenvalue weighted by Crippen LogP contribution is 2.29. The molecule has 0 saturated carbocycles. The summed E-state index contributed by atoms with van der Waals surface area (Å²) in [5, 5.41) is 11.1. The Hall–Kier alpha value is -2.62. The number of carbonyl (C=O) groups is 1. The maximum absolute atomic E-state index is 12.6. The van der Waals surface area contributed by atoms with E-state index in [9.17, 15) is 4.79 Å². The maximum Gasteiger partial charge on any atom is 0.272 e. The van der Waals surface area contributed by atoms with E-state index < -0.39 is 0 Å². The number of aromatic amines is 1. The summed E-state index contributed by atoms with van der Waals surface area (Å²) in [7, 11) is 0. The number of aryl methyl sites for hydroxylation is 1. The van der Waals surface area contributed by atoms with E-state index in [2.05, 4.69) is 33.7 Å². The third-order valence-electron chi connectivity index (χ3n) is 4.36. The van der Waals surface area contributed by atoms with E-state index in [1.54, 1.807) is 0 Å². The zero-order valence-electron chi connectivity index (χ0n) is 12.2. The second-order valence-electron chi connectivity index (χ2n) is 5.73. The second kappa shape index (κ2) is 5.30. The molecule has 0 fully saturated rings. The van der Waals surface area contributed by atoms with E-state index in [1.165, 1.54) is 11.1 Å². The number of H-pyrrole nitrogens is 1. The Balaban J connectivity index is 1.63. The lowest BCUT2D eigenvalue weighted by molar-refractivity contribution is 0.0929. The van der Waals surface area contributed by atoms with Crippen LogP contribution in [0.1, 0.15) is 40.5 Å². The molecular weight excluding hydrogens is 274 g/mol. The van der Waals surface area contributed by atoms with E-state index in [4.69, 9.17) is 0 Å². The summed E-state index contributed by atoms with van der Waals surface area (Å²) >= 11 is 0. The molecular formula is C18H17N3O. The quantitative estimate of drug-likeness (QED) is 0.760. The van der Waals surface area contributed by atoms with Crippen LogP contribution in [0.5, 0.6) is 0 Å². The lowest BCUT2D eigenvalue weighted by Gasteiger charge is -2.26. The molecule has 1 aliphatic rings. The predicted molar refractivity (Wildman–Crippen MR) is 85.7 cm³/mol. The molecule has 1 aromatic heterocycles. The van der Waals surface area contributed by atoms with Crippen molar-refractivity contribution in [3.63, 3.8) is 0 Å². The Morgan fingerprint density at radius 2 is 1.95 bits per heavy atom. The third kappa shape index (κ3) is 2.17. The summed E-state index contributed by atoms with van der Waals surface area (Å²) in [5.74, 6) is -0.112. The molecule has 3 aromatic rings. The molecule has 2 aromatic carbocycles. The number of fused-ring (bicyclic) bond motifs is 2. The Labute approximate surface area is 128 Å². The van der Waals surface area contributed by atoms with Crippen LogP contribution < -0.4 is 5.32 Å². The first kappa shape index (κ1) is 13.1. The smallest absolute Gasteiger partial charge is 0.272 e. The van der Waals surface area contributed by atoms with Crippen molar-refractivity contribution in [3.05, 3.63) is 65.4 Å². The molecule has 110 valence electrons. The van der Waals surface area contributed by atoms with Crippen molar-refractivity contribution in [2.24, 2.45) is 0 Å². The van der Waals surface area contributed by atoms with Crippen LogP contribution in [0, 0.1) is 0 Å². The SMILES string of the molecule is O=C(NC1CCCc2ccccc21)c1n[nH]c2ccccc12. The number of hydrogen-bond donors (Lipinski definition) is 2. The topological polar surface area (TPSA) is 57.8 Å². The number of nitrogens with zero attached hydrogens (tertiary/aromatic N) is 1. The number of carbonyl (C=O) groups excluding carboxylic acids is 1. The van der Waals surface area contributed by atoms with Gasteiger partial charge in [-0.05, 0) is 36.5 Å². The van der Waals surface area contributed by atoms with Crippen molar-refractivity contribution in [3.8, 4) is 0 Å². The standard InChI is InChI=1S/C18H17N3O/c22-18(17-14-9-3-4-10-16(14)20-21-17)19-15-11-5-7-12-6-1-2-8-13(12)15/h1-4,6,8-10,15H,5,7,11H2,(H,19,22)(H,20,21). The molecule has 1 unspecified atom stereocenters. The molecule has 1 atom stereocenters. The van der Waals surface area contributed by atoms with E-state index in [0.717, 1.165) is 30.2 Å². The molecule has 1 heterocycles. The van der Waals surface area contributed by atoms with Gasteiger partial charge in [-0.1, -0.05) is 42.5 Å². The van der Waals surface area contributed by atoms with E-state index in [0.29, 0.717) is 5.69 Å². The number of aromatic nitrogens is 2. The van der Waals surface area contributed by atoms with Crippen molar-refractivity contribution in [2.75, 3.05) is 0 Å². The van der Waals surface area contributed by atoms with Crippen LogP contribution >= 0.6 is 0 Å². The Morgan fingerprint density at radius 3 is 2.91 bits per heavy atom. The van der Waals surface area contributed by atoms with Crippen molar-refractivity contribution < 1.29 is 4.79 Å². The van der Waals surface area contributed by atoms with Crippen LogP contribution in [-0.2, 0) is 6.42 Å². The Kier molecular flexibility index (Phi) is 3.15. The minimum atomic E-state index is -0.112. The molecule has 0 saturated heterocycles. The first-order chi connectivity index (χ1) is 10.8. The van der Waals surface area contributed by atoms with E-state index in [-0.39, 0.29) is 11.9 Å². The lowest BCUT2D eigenvalue weighted by atomic mass is 9.87. The Bertz CT molecular complexity index is 837. The molecule has 0 spiro atoms. The highest BCUT2D eigenvalue weighted by molar-refractivity contribution is 6.04. The minimum Gasteiger partial charge on any atom is -0.344 e. The summed E-state index contributed by atoms with van der Waals surface area (Å²) in [6.45, 7) is 0. The van der Waals surface area contributed by atoms with Crippen molar-refractivity contribution >= 4 is 16.8 Å². The first-order valence-electron chi connectivity index (χ1n) is 7.65. The summed E-state index contributed by atoms with van der Waals surface area (Å²) in [6.07, 6.45) is 3.17. The van der Waals surface area contributed by atoms with Gasteiger partial charge in [0.2, 0.25) is 0 Å². The van der Waals surface area contributed by atoms with Gasteiger partial charge in [0.15, 0.2) is 5.69 Å². The fourth-order valence-corrected chi connectivity index (χ4v) is 3.27. The summed E-state index contributed by atoms with van der Waals surface area (Å²) in [6, 6.07) is 16.1. The fraction of sp³-hybridized carbons (Fsp3) is 0.222. The highest BCUT2D eigenvalue weighted by Gasteiger charge is 2.23. The van der Waals surface area contributed by atoms with Gasteiger partial charge in [0, 0.05) is 5.39 Å². The van der Waals surface area contributed by atoms with Crippen LogP contribution in [0.2, 0.25) is 0 Å². The molecule has 2 N–H and O–H groups in total. The zero-order valence-corrected chi connectivity index (χ0v) is 12.2. The van der Waals surface area contributed by atoms with Gasteiger partial charge in [-0.2, -0.15) is 5.10 Å². The normalized spacial score (nSPS) is 17.2. The van der Waals surface area contributed by atoms with Gasteiger partial charge < -0.3 is 5.32 Å². The molecule has 1 amide bonds. The zero-order chi connectivity index (χ0) is 14.9. The average molecular weight is 291 g/mol. The summed E-state index contributed by atoms with van der Waals surface area (Å²) in [4.78, 5) is 12.6. The number of hydrogen-bond acceptors (Lipinski definition) is 2. The Morgan fingerprint density at radius 1 is 1.14 bits per heavy atom. The van der Waals surface area contributed by atoms with Gasteiger partial charge in [-0.3, -0.25) is 9.89 Å². The fourth-order valence-electron chi connectivity index (χ4n) is 3.27. The first-order valence-corrected chi connectivity index (χ1v) is 7.65. The number of para-hydroxylation sites is 1. The van der Waals surface area contributed by atoms with E-state index in [1.807, 2.05) is 30.3 Å². The number of nitrogens with one attached hydrogen (secondary N) is 2. The molecule has 0 aliphatic heterocycles. The minimum absolute atomic E-state index is 0.0768. The van der Waals surface area contributed by atoms with Crippen molar-refractivity contribution in [1.82, 2.24) is 15.5 Å². The summed E-state index contributed by atoms with van der Waals surface area (Å²) < 4.78 is 0. The van der Waals surface area contributed by atoms with Gasteiger partial charge in [0.05, 0.1) is 11.6 Å². The van der Waals surface area contributed by atoms with Crippen LogP contribution in [-0.4, -0.2) is 16.1 Å². The van der Waals surface area contributed by atoms with Gasteiger partial charge >= 0.3 is 0 Å². The van der Waals surface area contributed by atoms with Crippen LogP contribution in [0.15, 0.2) is 48.5 Å². The van der Waals surface area contributed by atoms with E-state index >= 15 is 0 Å². The van der Waals surface area contributed by atoms with Gasteiger partial charge in [0.25, 0.3) is 5.91 Å². The molecule has 0 radical (unpaired) electrons. The predicted octanol–water partition coefficient (Wildman–Crippen LogP) is 3.37. The maximum atomic E-state index is 12.6. The molecule has 0 bridgehead atoms. The van der Waals surface area contributed by atoms with Gasteiger partial charge in [-0.25, -0.2) is 0 Å². The van der Waals surface area contributed by atoms with Gasteiger partial charge in [-0.15, -0.1) is 0 Å². The number of rotatable bonds is 2. The van der Waals surface area contributed by atoms with Gasteiger partial charge in [0.1, 0.15) is 0 Å².